The van der Waals surface area contributed by atoms with Gasteiger partial charge in [-0.1, -0.05) is 19.8 Å². The minimum absolute atomic E-state index is 0.145. The first-order chi connectivity index (χ1) is 9.00. The summed E-state index contributed by atoms with van der Waals surface area (Å²) >= 11 is 0. The van der Waals surface area contributed by atoms with Crippen LogP contribution in [-0.2, 0) is 0 Å². The summed E-state index contributed by atoms with van der Waals surface area (Å²) in [7, 11) is 0. The Labute approximate surface area is 111 Å². The Morgan fingerprint density at radius 3 is 2.37 bits per heavy atom. The number of nitrogens with one attached hydrogen (secondary N) is 1. The van der Waals surface area contributed by atoms with Gasteiger partial charge in [0.05, 0.1) is 12.4 Å². The molecule has 1 aliphatic carbocycles. The molecule has 1 heterocycles. The number of hydrogen-bond donors (Lipinski definition) is 2. The molecule has 0 atom stereocenters. The fraction of sp³-hybridized carbons (Fsp3) is 0.538. The molecule has 102 valence electrons. The van der Waals surface area contributed by atoms with Crippen molar-refractivity contribution in [2.75, 3.05) is 6.54 Å². The van der Waals surface area contributed by atoms with E-state index in [4.69, 9.17) is 5.11 Å². The van der Waals surface area contributed by atoms with Crippen LogP contribution in [0.1, 0.15) is 53.6 Å². The van der Waals surface area contributed by atoms with Gasteiger partial charge >= 0.3 is 5.97 Å². The predicted molar refractivity (Wildman–Crippen MR) is 67.9 cm³/mol. The minimum Gasteiger partial charge on any atom is -0.476 e. The lowest BCUT2D eigenvalue weighted by Gasteiger charge is -2.23. The lowest BCUT2D eigenvalue weighted by molar-refractivity contribution is 0.0689. The highest BCUT2D eigenvalue weighted by molar-refractivity contribution is 5.92. The van der Waals surface area contributed by atoms with Crippen molar-refractivity contribution in [3.63, 3.8) is 0 Å². The van der Waals surface area contributed by atoms with E-state index >= 15 is 0 Å². The molecule has 1 saturated carbocycles. The van der Waals surface area contributed by atoms with Gasteiger partial charge in [0.1, 0.15) is 5.69 Å². The van der Waals surface area contributed by atoms with Crippen LogP contribution < -0.4 is 5.32 Å². The highest BCUT2D eigenvalue weighted by Gasteiger charge is 2.29. The predicted octanol–water partition coefficient (Wildman–Crippen LogP) is 1.48. The van der Waals surface area contributed by atoms with Gasteiger partial charge < -0.3 is 10.4 Å². The largest absolute Gasteiger partial charge is 0.476 e. The summed E-state index contributed by atoms with van der Waals surface area (Å²) in [5.41, 5.74) is 0.148. The minimum atomic E-state index is -1.15. The van der Waals surface area contributed by atoms with Crippen LogP contribution in [-0.4, -0.2) is 33.5 Å². The van der Waals surface area contributed by atoms with E-state index in [0.29, 0.717) is 6.54 Å². The van der Waals surface area contributed by atoms with Crippen LogP contribution in [0, 0.1) is 5.41 Å². The third-order valence-corrected chi connectivity index (χ3v) is 3.59. The first-order valence-electron chi connectivity index (χ1n) is 6.34. The van der Waals surface area contributed by atoms with Crippen molar-refractivity contribution in [3.8, 4) is 0 Å². The Balaban J connectivity index is 1.94. The van der Waals surface area contributed by atoms with E-state index in [0.717, 1.165) is 19.0 Å². The molecule has 0 radical (unpaired) electrons. The molecule has 6 heteroatoms. The van der Waals surface area contributed by atoms with Gasteiger partial charge in [0, 0.05) is 6.54 Å². The summed E-state index contributed by atoms with van der Waals surface area (Å²) in [6.45, 7) is 2.79. The highest BCUT2D eigenvalue weighted by atomic mass is 16.4. The number of amides is 1. The Hall–Kier alpha value is -1.98. The van der Waals surface area contributed by atoms with E-state index in [1.54, 1.807) is 0 Å². The molecule has 0 unspecified atom stereocenters. The van der Waals surface area contributed by atoms with Crippen LogP contribution in [0.2, 0.25) is 0 Å². The second-order valence-corrected chi connectivity index (χ2v) is 5.29. The number of carboxylic acid groups (broad SMARTS) is 1. The van der Waals surface area contributed by atoms with Gasteiger partial charge in [-0.3, -0.25) is 4.79 Å². The van der Waals surface area contributed by atoms with Crippen molar-refractivity contribution >= 4 is 11.9 Å². The molecule has 2 rings (SSSR count). The van der Waals surface area contributed by atoms with Crippen LogP contribution in [0.25, 0.3) is 0 Å². The summed E-state index contributed by atoms with van der Waals surface area (Å²) in [6, 6.07) is 0. The zero-order valence-corrected chi connectivity index (χ0v) is 10.8. The van der Waals surface area contributed by atoms with Gasteiger partial charge in [0.25, 0.3) is 5.91 Å². The molecular formula is C13H17N3O3. The van der Waals surface area contributed by atoms with E-state index in [-0.39, 0.29) is 22.7 Å². The molecular weight excluding hydrogens is 246 g/mol. The fourth-order valence-corrected chi connectivity index (χ4v) is 2.35. The van der Waals surface area contributed by atoms with Crippen molar-refractivity contribution in [2.45, 2.75) is 32.6 Å². The van der Waals surface area contributed by atoms with E-state index in [1.807, 2.05) is 0 Å². The maximum absolute atomic E-state index is 11.9. The van der Waals surface area contributed by atoms with Crippen molar-refractivity contribution < 1.29 is 14.7 Å². The van der Waals surface area contributed by atoms with Crippen LogP contribution in [0.5, 0.6) is 0 Å². The van der Waals surface area contributed by atoms with Crippen LogP contribution >= 0.6 is 0 Å². The quantitative estimate of drug-likeness (QED) is 0.858. The fourth-order valence-electron chi connectivity index (χ4n) is 2.35. The molecule has 1 amide bonds. The summed E-state index contributed by atoms with van der Waals surface area (Å²) in [5.74, 6) is -1.46. The summed E-state index contributed by atoms with van der Waals surface area (Å²) in [6.07, 6.45) is 6.94. The Kier molecular flexibility index (Phi) is 3.78. The van der Waals surface area contributed by atoms with Crippen molar-refractivity contribution in [2.24, 2.45) is 5.41 Å². The topological polar surface area (TPSA) is 92.2 Å². The van der Waals surface area contributed by atoms with Gasteiger partial charge in [0.15, 0.2) is 5.69 Å². The molecule has 0 aromatic carbocycles. The van der Waals surface area contributed by atoms with Crippen LogP contribution in [0.3, 0.4) is 0 Å². The molecule has 0 bridgehead atoms. The number of carbonyl (C=O) groups is 2. The van der Waals surface area contributed by atoms with E-state index < -0.39 is 5.97 Å². The normalized spacial score (nSPS) is 17.1. The molecule has 1 aliphatic rings. The molecule has 6 nitrogen and oxygen atoms in total. The molecule has 2 N–H and O–H groups in total. The summed E-state index contributed by atoms with van der Waals surface area (Å²) in [4.78, 5) is 30.0. The Bertz CT molecular complexity index is 478. The SMILES string of the molecule is CC1(CNC(=O)c2cnc(C(=O)O)cn2)CCCC1. The number of hydrogen-bond acceptors (Lipinski definition) is 4. The average Bonchev–Trinajstić information content (AvgIpc) is 2.83. The molecule has 0 aliphatic heterocycles. The molecule has 0 saturated heterocycles. The Morgan fingerprint density at radius 1 is 1.26 bits per heavy atom. The van der Waals surface area contributed by atoms with Gasteiger partial charge in [-0.05, 0) is 18.3 Å². The van der Waals surface area contributed by atoms with E-state index in [9.17, 15) is 9.59 Å². The number of aromatic carboxylic acids is 1. The zero-order valence-electron chi connectivity index (χ0n) is 10.8. The van der Waals surface area contributed by atoms with Crippen LogP contribution in [0.15, 0.2) is 12.4 Å². The standard InChI is InChI=1S/C13H17N3O3/c1-13(4-2-3-5-13)8-16-11(17)9-6-15-10(7-14-9)12(18)19/h6-7H,2-5,8H2,1H3,(H,16,17)(H,18,19). The monoisotopic (exact) mass is 263 g/mol. The van der Waals surface area contributed by atoms with Gasteiger partial charge in [0.2, 0.25) is 0 Å². The number of carboxylic acids is 1. The van der Waals surface area contributed by atoms with Gasteiger partial charge in [-0.2, -0.15) is 0 Å². The molecule has 1 fully saturated rings. The van der Waals surface area contributed by atoms with Gasteiger partial charge in [-0.25, -0.2) is 14.8 Å². The second kappa shape index (κ2) is 5.34. The number of rotatable bonds is 4. The highest BCUT2D eigenvalue weighted by Crippen LogP contribution is 2.36. The lowest BCUT2D eigenvalue weighted by atomic mass is 9.89. The summed E-state index contributed by atoms with van der Waals surface area (Å²) in [5, 5.41) is 11.5. The third-order valence-electron chi connectivity index (χ3n) is 3.59. The third kappa shape index (κ3) is 3.27. The van der Waals surface area contributed by atoms with Gasteiger partial charge in [-0.15, -0.1) is 0 Å². The second-order valence-electron chi connectivity index (χ2n) is 5.29. The van der Waals surface area contributed by atoms with Crippen LogP contribution in [0.4, 0.5) is 0 Å². The maximum Gasteiger partial charge on any atom is 0.356 e. The molecule has 0 spiro atoms. The maximum atomic E-state index is 11.9. The zero-order chi connectivity index (χ0) is 13.9. The Morgan fingerprint density at radius 2 is 1.84 bits per heavy atom. The smallest absolute Gasteiger partial charge is 0.356 e. The van der Waals surface area contributed by atoms with Crippen molar-refractivity contribution in [1.29, 1.82) is 0 Å². The number of aromatic nitrogens is 2. The molecule has 19 heavy (non-hydrogen) atoms. The number of nitrogens with zero attached hydrogens (tertiary/aromatic N) is 2. The van der Waals surface area contributed by atoms with Crippen molar-refractivity contribution in [3.05, 3.63) is 23.8 Å². The summed E-state index contributed by atoms with van der Waals surface area (Å²) < 4.78 is 0. The average molecular weight is 263 g/mol. The first kappa shape index (κ1) is 13.5. The van der Waals surface area contributed by atoms with E-state index in [2.05, 4.69) is 22.2 Å². The molecule has 1 aromatic rings. The lowest BCUT2D eigenvalue weighted by Crippen LogP contribution is -2.34. The van der Waals surface area contributed by atoms with Crippen molar-refractivity contribution in [1.82, 2.24) is 15.3 Å². The number of carbonyl (C=O) groups excluding carboxylic acids is 1. The molecule has 1 aromatic heterocycles. The first-order valence-corrected chi connectivity index (χ1v) is 6.34. The van der Waals surface area contributed by atoms with E-state index in [1.165, 1.54) is 19.0 Å².